The maximum absolute atomic E-state index is 10.00. The minimum Gasteiger partial charge on any atom is -0.387 e. The number of hydrogen-bond acceptors (Lipinski definition) is 4. The van der Waals surface area contributed by atoms with Crippen molar-refractivity contribution in [3.05, 3.63) is 0 Å². The average molecular weight is 218 g/mol. The van der Waals surface area contributed by atoms with Gasteiger partial charge in [-0.15, -0.1) is 0 Å². The molecule has 1 heterocycles. The molecule has 0 aromatic heterocycles. The van der Waals surface area contributed by atoms with Crippen LogP contribution in [0.1, 0.15) is 47.0 Å². The Bertz CT molecular complexity index is 207. The zero-order valence-corrected chi connectivity index (χ0v) is 9.99. The Kier molecular flexibility index (Phi) is 3.76. The van der Waals surface area contributed by atoms with Crippen LogP contribution in [0.2, 0.25) is 0 Å². The first kappa shape index (κ1) is 12.9. The van der Waals surface area contributed by atoms with E-state index in [2.05, 4.69) is 0 Å². The molecule has 15 heavy (non-hydrogen) atoms. The fraction of sp³-hybridized carbons (Fsp3) is 1.00. The van der Waals surface area contributed by atoms with Gasteiger partial charge < -0.3 is 19.7 Å². The standard InChI is InChI=1S/C11H22O4/c1-5-11(4,13)8-6-7-9(14-8)15-10(2,3)12/h8-9,12-13H,5-7H2,1-4H3. The van der Waals surface area contributed by atoms with Crippen LogP contribution in [0.15, 0.2) is 0 Å². The third-order valence-electron chi connectivity index (χ3n) is 2.81. The maximum atomic E-state index is 10.00. The van der Waals surface area contributed by atoms with Crippen molar-refractivity contribution in [1.82, 2.24) is 0 Å². The first-order valence-corrected chi connectivity index (χ1v) is 5.52. The van der Waals surface area contributed by atoms with Gasteiger partial charge in [-0.1, -0.05) is 6.92 Å². The highest BCUT2D eigenvalue weighted by Crippen LogP contribution is 2.31. The summed E-state index contributed by atoms with van der Waals surface area (Å²) in [6.45, 7) is 6.83. The molecule has 1 aliphatic heterocycles. The van der Waals surface area contributed by atoms with Crippen LogP contribution in [0.4, 0.5) is 0 Å². The normalized spacial score (nSPS) is 31.6. The summed E-state index contributed by atoms with van der Waals surface area (Å²) < 4.78 is 10.9. The van der Waals surface area contributed by atoms with Crippen molar-refractivity contribution in [3.8, 4) is 0 Å². The number of hydrogen-bond donors (Lipinski definition) is 2. The van der Waals surface area contributed by atoms with Gasteiger partial charge in [0.15, 0.2) is 12.1 Å². The lowest BCUT2D eigenvalue weighted by Crippen LogP contribution is -2.39. The molecular weight excluding hydrogens is 196 g/mol. The predicted octanol–water partition coefficient (Wildman–Crippen LogP) is 1.40. The summed E-state index contributed by atoms with van der Waals surface area (Å²) in [4.78, 5) is 0. The number of aliphatic hydroxyl groups is 2. The molecule has 1 saturated heterocycles. The molecule has 0 amide bonds. The molecule has 4 nitrogen and oxygen atoms in total. The fourth-order valence-corrected chi connectivity index (χ4v) is 1.70. The zero-order valence-electron chi connectivity index (χ0n) is 9.99. The molecule has 1 fully saturated rings. The molecule has 0 saturated carbocycles. The summed E-state index contributed by atoms with van der Waals surface area (Å²) in [5.41, 5.74) is -0.808. The summed E-state index contributed by atoms with van der Waals surface area (Å²) in [6, 6.07) is 0. The molecule has 90 valence electrons. The third kappa shape index (κ3) is 3.72. The molecule has 0 bridgehead atoms. The van der Waals surface area contributed by atoms with E-state index in [-0.39, 0.29) is 6.10 Å². The molecule has 4 heteroatoms. The second-order valence-corrected chi connectivity index (χ2v) is 4.91. The fourth-order valence-electron chi connectivity index (χ4n) is 1.70. The summed E-state index contributed by atoms with van der Waals surface area (Å²) in [5.74, 6) is -1.18. The highest BCUT2D eigenvalue weighted by atomic mass is 16.7. The molecule has 0 radical (unpaired) electrons. The number of ether oxygens (including phenoxy) is 2. The van der Waals surface area contributed by atoms with E-state index < -0.39 is 17.7 Å². The number of rotatable bonds is 4. The smallest absolute Gasteiger partial charge is 0.162 e. The van der Waals surface area contributed by atoms with Crippen LogP contribution < -0.4 is 0 Å². The highest BCUT2D eigenvalue weighted by Gasteiger charge is 2.39. The summed E-state index contributed by atoms with van der Waals surface area (Å²) in [7, 11) is 0. The van der Waals surface area contributed by atoms with Crippen molar-refractivity contribution < 1.29 is 19.7 Å². The SMILES string of the molecule is CCC(C)(O)C1CCC(OC(C)(C)O)O1. The van der Waals surface area contributed by atoms with Gasteiger partial charge in [0.05, 0.1) is 11.7 Å². The lowest BCUT2D eigenvalue weighted by Gasteiger charge is -2.29. The molecule has 1 rings (SSSR count). The minimum atomic E-state index is -1.18. The summed E-state index contributed by atoms with van der Waals surface area (Å²) in [5, 5.41) is 19.5. The van der Waals surface area contributed by atoms with Crippen molar-refractivity contribution in [2.45, 2.75) is 70.7 Å². The lowest BCUT2D eigenvalue weighted by atomic mass is 9.94. The maximum Gasteiger partial charge on any atom is 0.162 e. The molecular formula is C11H22O4. The van der Waals surface area contributed by atoms with Crippen LogP contribution in [-0.4, -0.2) is 34.0 Å². The van der Waals surface area contributed by atoms with Crippen LogP contribution in [-0.2, 0) is 9.47 Å². The monoisotopic (exact) mass is 218 g/mol. The predicted molar refractivity (Wildman–Crippen MR) is 56.2 cm³/mol. The Labute approximate surface area is 91.2 Å². The molecule has 0 aromatic rings. The summed E-state index contributed by atoms with van der Waals surface area (Å²) >= 11 is 0. The van der Waals surface area contributed by atoms with Gasteiger partial charge >= 0.3 is 0 Å². The Balaban J connectivity index is 2.46. The molecule has 0 aromatic carbocycles. The van der Waals surface area contributed by atoms with Crippen LogP contribution in [0.25, 0.3) is 0 Å². The van der Waals surface area contributed by atoms with Gasteiger partial charge in [0, 0.05) is 6.42 Å². The van der Waals surface area contributed by atoms with E-state index in [0.29, 0.717) is 12.8 Å². The second kappa shape index (κ2) is 4.37. The van der Waals surface area contributed by atoms with Crippen molar-refractivity contribution >= 4 is 0 Å². The van der Waals surface area contributed by atoms with Crippen molar-refractivity contribution in [2.75, 3.05) is 0 Å². The largest absolute Gasteiger partial charge is 0.387 e. The van der Waals surface area contributed by atoms with Gasteiger partial charge in [0.25, 0.3) is 0 Å². The topological polar surface area (TPSA) is 58.9 Å². The van der Waals surface area contributed by atoms with Crippen molar-refractivity contribution in [1.29, 1.82) is 0 Å². The zero-order chi connectivity index (χ0) is 11.7. The quantitative estimate of drug-likeness (QED) is 0.700. The molecule has 1 aliphatic rings. The van der Waals surface area contributed by atoms with E-state index in [1.807, 2.05) is 6.92 Å². The van der Waals surface area contributed by atoms with Crippen LogP contribution in [0, 0.1) is 0 Å². The van der Waals surface area contributed by atoms with Gasteiger partial charge in [-0.25, -0.2) is 0 Å². The minimum absolute atomic E-state index is 0.199. The van der Waals surface area contributed by atoms with Gasteiger partial charge in [-0.05, 0) is 33.6 Å². The Hall–Kier alpha value is -0.160. The van der Waals surface area contributed by atoms with E-state index in [0.717, 1.165) is 6.42 Å². The lowest BCUT2D eigenvalue weighted by molar-refractivity contribution is -0.278. The Morgan fingerprint density at radius 1 is 1.27 bits per heavy atom. The average Bonchev–Trinajstić information content (AvgIpc) is 2.50. The molecule has 2 N–H and O–H groups in total. The first-order chi connectivity index (χ1) is 6.74. The molecule has 0 spiro atoms. The van der Waals surface area contributed by atoms with Crippen LogP contribution in [0.3, 0.4) is 0 Å². The molecule has 3 unspecified atom stereocenters. The molecule has 3 atom stereocenters. The third-order valence-corrected chi connectivity index (χ3v) is 2.81. The van der Waals surface area contributed by atoms with Gasteiger partial charge in [0.1, 0.15) is 0 Å². The van der Waals surface area contributed by atoms with Crippen LogP contribution >= 0.6 is 0 Å². The Morgan fingerprint density at radius 2 is 1.87 bits per heavy atom. The Morgan fingerprint density at radius 3 is 2.33 bits per heavy atom. The van der Waals surface area contributed by atoms with Crippen LogP contribution in [0.5, 0.6) is 0 Å². The van der Waals surface area contributed by atoms with E-state index in [1.54, 1.807) is 20.8 Å². The van der Waals surface area contributed by atoms with Gasteiger partial charge in [-0.2, -0.15) is 0 Å². The second-order valence-electron chi connectivity index (χ2n) is 4.91. The molecule has 0 aliphatic carbocycles. The highest BCUT2D eigenvalue weighted by molar-refractivity contribution is 4.85. The van der Waals surface area contributed by atoms with Crippen molar-refractivity contribution in [3.63, 3.8) is 0 Å². The summed E-state index contributed by atoms with van der Waals surface area (Å²) in [6.07, 6.45) is 1.52. The first-order valence-electron chi connectivity index (χ1n) is 5.52. The van der Waals surface area contributed by atoms with E-state index >= 15 is 0 Å². The van der Waals surface area contributed by atoms with Crippen molar-refractivity contribution in [2.24, 2.45) is 0 Å². The van der Waals surface area contributed by atoms with E-state index in [1.165, 1.54) is 0 Å². The van der Waals surface area contributed by atoms with E-state index in [4.69, 9.17) is 9.47 Å². The van der Waals surface area contributed by atoms with Gasteiger partial charge in [0.2, 0.25) is 0 Å². The van der Waals surface area contributed by atoms with E-state index in [9.17, 15) is 10.2 Å². The van der Waals surface area contributed by atoms with Gasteiger partial charge in [-0.3, -0.25) is 0 Å².